The average Bonchev–Trinajstić information content (AvgIpc) is 4.01. The number of hydrogen-bond donors (Lipinski definition) is 3. The zero-order valence-corrected chi connectivity index (χ0v) is 42.4. The van der Waals surface area contributed by atoms with Crippen LogP contribution in [0, 0.1) is 22.7 Å². The number of H-pyrrole nitrogens is 1. The number of piperidine rings is 1. The zero-order chi connectivity index (χ0) is 48.7. The topological polar surface area (TPSA) is 167 Å². The molecule has 1 aromatic carbocycles. The fourth-order valence-corrected chi connectivity index (χ4v) is 16.2. The first-order valence-corrected chi connectivity index (χ1v) is 26.4. The molecule has 12 atom stereocenters. The number of esters is 3. The number of thioether (sulfide) groups is 1. The van der Waals surface area contributed by atoms with E-state index in [2.05, 4.69) is 62.2 Å². The number of methoxy groups -OCH3 is 3. The first-order valence-electron chi connectivity index (χ1n) is 25.4. The molecule has 1 aromatic heterocycles. The lowest BCUT2D eigenvalue weighted by atomic mass is 9.47. The van der Waals surface area contributed by atoms with Gasteiger partial charge in [0.1, 0.15) is 5.41 Å². The summed E-state index contributed by atoms with van der Waals surface area (Å²) in [6, 6.07) is 5.41. The molecular weight excluding hydrogens is 899 g/mol. The monoisotopic (exact) mass is 972 g/mol. The minimum absolute atomic E-state index is 0.0852. The van der Waals surface area contributed by atoms with E-state index in [1.165, 1.54) is 26.0 Å². The molecule has 0 radical (unpaired) electrons. The lowest BCUT2D eigenvalue weighted by molar-refractivity contribution is -0.243. The summed E-state index contributed by atoms with van der Waals surface area (Å²) in [7, 11) is 6.32. The summed E-state index contributed by atoms with van der Waals surface area (Å²) in [5.41, 5.74) is -1.88. The number of ether oxygens (including phenoxy) is 5. The predicted octanol–water partition coefficient (Wildman–Crippen LogP) is 4.45. The highest BCUT2D eigenvalue weighted by molar-refractivity contribution is 7.99. The van der Waals surface area contributed by atoms with Crippen LogP contribution in [0.5, 0.6) is 0 Å². The molecule has 0 amide bonds. The van der Waals surface area contributed by atoms with Crippen molar-refractivity contribution in [3.05, 3.63) is 65.0 Å². The summed E-state index contributed by atoms with van der Waals surface area (Å²) in [4.78, 5) is 57.8. The van der Waals surface area contributed by atoms with E-state index in [0.29, 0.717) is 64.7 Å². The van der Waals surface area contributed by atoms with Crippen molar-refractivity contribution in [2.75, 3.05) is 99.7 Å². The molecule has 7 heterocycles. The number of aliphatic hydroxyl groups is 2. The van der Waals surface area contributed by atoms with Crippen LogP contribution < -0.4 is 0 Å². The third-order valence-electron chi connectivity index (χ3n) is 18.1. The van der Waals surface area contributed by atoms with Gasteiger partial charge in [-0.05, 0) is 105 Å². The van der Waals surface area contributed by atoms with E-state index in [4.69, 9.17) is 23.7 Å². The third-order valence-corrected chi connectivity index (χ3v) is 19.1. The number of nitrogens with one attached hydrogen (secondary N) is 1. The SMILES string of the molecule is CC[C@]1(O)C[C@H]2CN(CCc3c([nH]c4ccc(SCCCN5CCOCC5)cc34)[C@@](C(=O)OC)(C3C=C4C(=CC3OC)N(C)[C@H]3[C@@](O)(C(=O)OC)[C@H](OC(C)=O)[C@]5(CC)C=CCN6CC[C@]43[C@@H]65)C2)C1. The lowest BCUT2D eigenvalue weighted by Crippen LogP contribution is -2.79. The molecule has 3 N–H and O–H groups in total. The molecule has 16 heteroatoms. The van der Waals surface area contributed by atoms with Crippen molar-refractivity contribution < 1.29 is 48.3 Å². The maximum absolute atomic E-state index is 15.7. The summed E-state index contributed by atoms with van der Waals surface area (Å²) >= 11 is 1.86. The van der Waals surface area contributed by atoms with E-state index < -0.39 is 63.6 Å². The Morgan fingerprint density at radius 2 is 1.75 bits per heavy atom. The van der Waals surface area contributed by atoms with E-state index in [1.807, 2.05) is 37.6 Å². The normalized spacial score (nSPS) is 38.4. The first kappa shape index (κ1) is 48.9. The molecule has 10 rings (SSSR count). The highest BCUT2D eigenvalue weighted by Crippen LogP contribution is 2.70. The van der Waals surface area contributed by atoms with Gasteiger partial charge in [0.25, 0.3) is 0 Å². The van der Waals surface area contributed by atoms with Gasteiger partial charge in [-0.2, -0.15) is 0 Å². The molecule has 69 heavy (non-hydrogen) atoms. The fraction of sp³-hybridized carbons (Fsp3) is 0.679. The Morgan fingerprint density at radius 1 is 0.971 bits per heavy atom. The second kappa shape index (κ2) is 18.4. The van der Waals surface area contributed by atoms with Crippen LogP contribution in [0.4, 0.5) is 0 Å². The van der Waals surface area contributed by atoms with Crippen molar-refractivity contribution in [2.24, 2.45) is 22.7 Å². The van der Waals surface area contributed by atoms with Crippen molar-refractivity contribution in [1.82, 2.24) is 24.6 Å². The van der Waals surface area contributed by atoms with E-state index in [1.54, 1.807) is 7.11 Å². The molecule has 2 aromatic rings. The van der Waals surface area contributed by atoms with E-state index in [0.717, 1.165) is 85.0 Å². The third kappa shape index (κ3) is 7.42. The number of morpholine rings is 1. The quantitative estimate of drug-likeness (QED) is 0.0898. The largest absolute Gasteiger partial charge is 0.468 e. The number of carbonyl (C=O) groups excluding carboxylic acids is 3. The first-order chi connectivity index (χ1) is 33.2. The molecule has 4 saturated heterocycles. The van der Waals surface area contributed by atoms with Gasteiger partial charge in [-0.1, -0.05) is 32.1 Å². The maximum Gasteiger partial charge on any atom is 0.344 e. The Morgan fingerprint density at radius 3 is 2.46 bits per heavy atom. The van der Waals surface area contributed by atoms with Crippen molar-refractivity contribution in [2.45, 2.75) is 112 Å². The Hall–Kier alpha value is -3.74. The van der Waals surface area contributed by atoms with Gasteiger partial charge in [-0.15, -0.1) is 11.8 Å². The summed E-state index contributed by atoms with van der Waals surface area (Å²) < 4.78 is 30.0. The van der Waals surface area contributed by atoms with E-state index in [9.17, 15) is 19.8 Å². The van der Waals surface area contributed by atoms with Gasteiger partial charge < -0.3 is 43.8 Å². The van der Waals surface area contributed by atoms with Gasteiger partial charge in [0.05, 0.1) is 45.2 Å². The van der Waals surface area contributed by atoms with Crippen LogP contribution >= 0.6 is 11.8 Å². The summed E-state index contributed by atoms with van der Waals surface area (Å²) in [5, 5.41) is 26.8. The Labute approximate surface area is 410 Å². The smallest absolute Gasteiger partial charge is 0.344 e. The number of allylic oxidation sites excluding steroid dienone is 1. The molecule has 2 bridgehead atoms. The second-order valence-electron chi connectivity index (χ2n) is 21.4. The van der Waals surface area contributed by atoms with Crippen LogP contribution in [0.25, 0.3) is 10.9 Å². The summed E-state index contributed by atoms with van der Waals surface area (Å²) in [6.07, 6.45) is 10.8. The van der Waals surface area contributed by atoms with Crippen molar-refractivity contribution in [3.8, 4) is 0 Å². The number of aromatic nitrogens is 1. The summed E-state index contributed by atoms with van der Waals surface area (Å²) in [6.45, 7) is 13.3. The van der Waals surface area contributed by atoms with Crippen LogP contribution in [-0.4, -0.2) is 188 Å². The highest BCUT2D eigenvalue weighted by Gasteiger charge is 2.81. The fourth-order valence-electron chi connectivity index (χ4n) is 15.4. The average molecular weight is 972 g/mol. The van der Waals surface area contributed by atoms with E-state index >= 15 is 4.79 Å². The van der Waals surface area contributed by atoms with Crippen LogP contribution in [0.1, 0.15) is 70.6 Å². The van der Waals surface area contributed by atoms with Crippen LogP contribution in [0.15, 0.2) is 58.7 Å². The van der Waals surface area contributed by atoms with Crippen LogP contribution in [-0.2, 0) is 49.9 Å². The van der Waals surface area contributed by atoms with Crippen molar-refractivity contribution in [1.29, 1.82) is 0 Å². The molecular formula is C53H73N5O10S. The van der Waals surface area contributed by atoms with Crippen molar-refractivity contribution >= 4 is 40.6 Å². The molecule has 15 nitrogen and oxygen atoms in total. The van der Waals surface area contributed by atoms with Crippen LogP contribution in [0.2, 0.25) is 0 Å². The number of carbonyl (C=O) groups is 3. The van der Waals surface area contributed by atoms with Crippen LogP contribution in [0.3, 0.4) is 0 Å². The van der Waals surface area contributed by atoms with Gasteiger partial charge in [0, 0.05) is 110 Å². The predicted molar refractivity (Wildman–Crippen MR) is 262 cm³/mol. The van der Waals surface area contributed by atoms with Gasteiger partial charge in [0.2, 0.25) is 5.60 Å². The number of likely N-dealkylation sites (N-methyl/N-ethyl adjacent to an activating group) is 1. The Balaban J connectivity index is 1.16. The molecule has 376 valence electrons. The highest BCUT2D eigenvalue weighted by atomic mass is 32.2. The lowest BCUT2D eigenvalue weighted by Gasteiger charge is -2.63. The van der Waals surface area contributed by atoms with Gasteiger partial charge in [-0.3, -0.25) is 24.3 Å². The molecule has 6 aliphatic heterocycles. The zero-order valence-electron chi connectivity index (χ0n) is 41.6. The molecule has 5 fully saturated rings. The van der Waals surface area contributed by atoms with Gasteiger partial charge in [-0.25, -0.2) is 4.79 Å². The number of hydrogen-bond acceptors (Lipinski definition) is 15. The van der Waals surface area contributed by atoms with E-state index in [-0.39, 0.29) is 17.9 Å². The molecule has 3 unspecified atom stereocenters. The molecule has 2 aliphatic carbocycles. The number of likely N-dealkylation sites (tertiary alicyclic amines) is 1. The minimum atomic E-state index is -2.30. The van der Waals surface area contributed by atoms with Gasteiger partial charge in [0.15, 0.2) is 6.10 Å². The Kier molecular flexibility index (Phi) is 13.0. The number of rotatable bonds is 12. The Bertz CT molecular complexity index is 2440. The molecule has 8 aliphatic rings. The molecule has 1 spiro atoms. The summed E-state index contributed by atoms with van der Waals surface area (Å²) in [5.74, 6) is -1.59. The number of nitrogens with zero attached hydrogens (tertiary/aromatic N) is 4. The standard InChI is InChI=1S/C53H73N5O10S/c1-8-49(62)29-34-30-52(47(60)65-6,43-36(14-19-57(31-34)32-49)37-26-35(12-13-40(37)54-43)69-25-11-17-56-21-23-67-24-22-56)39-27-38-41(28-42(39)64-5)55(4)45-51(38)16-20-58-18-10-15-50(9-2,44(51)58)46(68-33(3)59)53(45,63)48(61)66-7/h10,12-13,15,26-28,34,39,42,44-46,54,62-63H,8-9,11,14,16-25,29-32H2,1-7H3/t34-,39?,42?,44+,45-,46-,49+,50-,51-,52+,53+/m1/s1. The number of aromatic amines is 1. The van der Waals surface area contributed by atoms with Gasteiger partial charge >= 0.3 is 17.9 Å². The maximum atomic E-state index is 15.7. The number of fused-ring (bicyclic) bond motifs is 6. The second-order valence-corrected chi connectivity index (χ2v) is 22.5. The molecule has 1 saturated carbocycles. The minimum Gasteiger partial charge on any atom is -0.468 e. The van der Waals surface area contributed by atoms with Crippen molar-refractivity contribution in [3.63, 3.8) is 0 Å². The number of benzene rings is 1.